The Morgan fingerprint density at radius 2 is 2.00 bits per heavy atom. The molecule has 3 rings (SSSR count). The lowest BCUT2D eigenvalue weighted by Crippen LogP contribution is -1.78. The molecule has 3 aromatic rings. The quantitative estimate of drug-likeness (QED) is 0.639. The number of benzene rings is 2. The lowest BCUT2D eigenvalue weighted by atomic mass is 10.2. The van der Waals surface area contributed by atoms with Crippen molar-refractivity contribution >= 4 is 44.1 Å². The fourth-order valence-electron chi connectivity index (χ4n) is 1.81. The molecule has 2 aromatic carbocycles. The average molecular weight is 367 g/mol. The van der Waals surface area contributed by atoms with Crippen molar-refractivity contribution in [3.63, 3.8) is 0 Å². The van der Waals surface area contributed by atoms with Gasteiger partial charge in [0.1, 0.15) is 10.8 Å². The van der Waals surface area contributed by atoms with Gasteiger partial charge in [-0.2, -0.15) is 0 Å². The van der Waals surface area contributed by atoms with Crippen LogP contribution >= 0.6 is 33.9 Å². The molecule has 0 radical (unpaired) electrons. The second kappa shape index (κ2) is 4.51. The Hall–Kier alpha value is -1.14. The number of thiazole rings is 1. The van der Waals surface area contributed by atoms with Gasteiger partial charge in [0.05, 0.1) is 13.8 Å². The highest BCUT2D eigenvalue weighted by atomic mass is 127. The molecule has 0 bridgehead atoms. The summed E-state index contributed by atoms with van der Waals surface area (Å²) in [5.41, 5.74) is 3.20. The molecule has 0 unspecified atom stereocenters. The van der Waals surface area contributed by atoms with Crippen LogP contribution in [0.5, 0.6) is 5.75 Å². The van der Waals surface area contributed by atoms with Crippen LogP contribution in [0, 0.1) is 10.5 Å². The lowest BCUT2D eigenvalue weighted by molar-refractivity contribution is 0.472. The van der Waals surface area contributed by atoms with Crippen molar-refractivity contribution in [1.29, 1.82) is 0 Å². The fourth-order valence-corrected chi connectivity index (χ4v) is 3.08. The molecule has 18 heavy (non-hydrogen) atoms. The number of phenols is 1. The summed E-state index contributed by atoms with van der Waals surface area (Å²) in [5.74, 6) is 0.309. The number of rotatable bonds is 1. The van der Waals surface area contributed by atoms with Gasteiger partial charge in [-0.25, -0.2) is 4.98 Å². The smallest absolute Gasteiger partial charge is 0.129 e. The minimum absolute atomic E-state index is 0.309. The zero-order chi connectivity index (χ0) is 12.7. The molecule has 2 nitrogen and oxygen atoms in total. The highest BCUT2D eigenvalue weighted by Gasteiger charge is 2.08. The zero-order valence-corrected chi connectivity index (χ0v) is 12.6. The summed E-state index contributed by atoms with van der Waals surface area (Å²) in [7, 11) is 0. The Bertz CT molecular complexity index is 736. The van der Waals surface area contributed by atoms with Crippen LogP contribution in [0.25, 0.3) is 20.8 Å². The summed E-state index contributed by atoms with van der Waals surface area (Å²) >= 11 is 3.76. The maximum atomic E-state index is 9.75. The number of hydrogen-bond donors (Lipinski definition) is 1. The van der Waals surface area contributed by atoms with Crippen LogP contribution in [0.15, 0.2) is 36.4 Å². The molecular weight excluding hydrogens is 357 g/mol. The predicted octanol–water partition coefficient (Wildman–Crippen LogP) is 4.58. The number of nitrogens with zero attached hydrogens (tertiary/aromatic N) is 1. The minimum atomic E-state index is 0.309. The molecule has 1 aromatic heterocycles. The molecule has 0 amide bonds. The minimum Gasteiger partial charge on any atom is -0.507 e. The molecular formula is C14H10INOS. The molecule has 0 aliphatic rings. The van der Waals surface area contributed by atoms with Gasteiger partial charge in [-0.3, -0.25) is 0 Å². The van der Waals surface area contributed by atoms with E-state index in [9.17, 15) is 5.11 Å². The van der Waals surface area contributed by atoms with Crippen LogP contribution in [-0.4, -0.2) is 10.1 Å². The van der Waals surface area contributed by atoms with Gasteiger partial charge in [-0.05, 0) is 59.3 Å². The Morgan fingerprint density at radius 3 is 2.78 bits per heavy atom. The first-order valence-electron chi connectivity index (χ1n) is 5.49. The molecule has 0 fully saturated rings. The van der Waals surface area contributed by atoms with Gasteiger partial charge in [0, 0.05) is 5.56 Å². The van der Waals surface area contributed by atoms with Gasteiger partial charge in [-0.15, -0.1) is 11.3 Å². The number of phenolic OH excluding ortho intramolecular Hbond substituents is 1. The predicted molar refractivity (Wildman–Crippen MR) is 84.2 cm³/mol. The number of fused-ring (bicyclic) bond motifs is 1. The number of aryl methyl sites for hydroxylation is 1. The topological polar surface area (TPSA) is 33.1 Å². The highest BCUT2D eigenvalue weighted by Crippen LogP contribution is 2.33. The van der Waals surface area contributed by atoms with Gasteiger partial charge < -0.3 is 5.11 Å². The number of halogens is 1. The summed E-state index contributed by atoms with van der Waals surface area (Å²) in [6, 6.07) is 11.9. The Labute approximate surface area is 122 Å². The van der Waals surface area contributed by atoms with Crippen molar-refractivity contribution in [2.45, 2.75) is 6.92 Å². The summed E-state index contributed by atoms with van der Waals surface area (Å²) in [4.78, 5) is 4.62. The van der Waals surface area contributed by atoms with Gasteiger partial charge in [0.2, 0.25) is 0 Å². The largest absolute Gasteiger partial charge is 0.507 e. The normalized spacial score (nSPS) is 11.0. The van der Waals surface area contributed by atoms with E-state index in [2.05, 4.69) is 52.7 Å². The van der Waals surface area contributed by atoms with Crippen LogP contribution < -0.4 is 0 Å². The van der Waals surface area contributed by atoms with E-state index in [1.807, 2.05) is 12.1 Å². The van der Waals surface area contributed by atoms with Crippen molar-refractivity contribution in [3.05, 3.63) is 45.5 Å². The van der Waals surface area contributed by atoms with Gasteiger partial charge in [0.25, 0.3) is 0 Å². The van der Waals surface area contributed by atoms with E-state index in [-0.39, 0.29) is 0 Å². The third kappa shape index (κ3) is 2.10. The van der Waals surface area contributed by atoms with E-state index in [0.717, 1.165) is 19.7 Å². The molecule has 1 heterocycles. The first-order chi connectivity index (χ1) is 8.63. The van der Waals surface area contributed by atoms with Gasteiger partial charge >= 0.3 is 0 Å². The van der Waals surface area contributed by atoms with Crippen LogP contribution in [0.2, 0.25) is 0 Å². The maximum Gasteiger partial charge on any atom is 0.129 e. The molecule has 0 saturated carbocycles. The van der Waals surface area contributed by atoms with Crippen LogP contribution in [0.3, 0.4) is 0 Å². The molecule has 0 aliphatic carbocycles. The van der Waals surface area contributed by atoms with Crippen molar-refractivity contribution in [2.24, 2.45) is 0 Å². The monoisotopic (exact) mass is 367 g/mol. The third-order valence-corrected chi connectivity index (χ3v) is 4.73. The summed E-state index contributed by atoms with van der Waals surface area (Å²) in [6.07, 6.45) is 0. The fraction of sp³-hybridized carbons (Fsp3) is 0.0714. The average Bonchev–Trinajstić information content (AvgIpc) is 2.75. The summed E-state index contributed by atoms with van der Waals surface area (Å²) in [6.45, 7) is 2.06. The van der Waals surface area contributed by atoms with E-state index in [0.29, 0.717) is 5.75 Å². The molecule has 0 saturated heterocycles. The number of aromatic hydroxyl groups is 1. The van der Waals surface area contributed by atoms with E-state index in [1.54, 1.807) is 17.4 Å². The van der Waals surface area contributed by atoms with Crippen LogP contribution in [-0.2, 0) is 0 Å². The second-order valence-electron chi connectivity index (χ2n) is 4.16. The zero-order valence-electron chi connectivity index (χ0n) is 9.64. The lowest BCUT2D eigenvalue weighted by Gasteiger charge is -1.99. The summed E-state index contributed by atoms with van der Waals surface area (Å²) < 4.78 is 2.03. The van der Waals surface area contributed by atoms with Crippen molar-refractivity contribution in [2.75, 3.05) is 0 Å². The van der Waals surface area contributed by atoms with Crippen molar-refractivity contribution < 1.29 is 5.11 Å². The standard InChI is InChI=1S/C14H10INOS/c1-8-2-5-13-11(6-8)16-14(18-13)9-3-4-10(15)12(17)7-9/h2-7,17H,1H3. The number of hydrogen-bond acceptors (Lipinski definition) is 3. The Balaban J connectivity index is 2.16. The Kier molecular flexibility index (Phi) is 2.99. The van der Waals surface area contributed by atoms with Crippen molar-refractivity contribution in [3.8, 4) is 16.3 Å². The molecule has 0 aliphatic heterocycles. The molecule has 0 atom stereocenters. The maximum absolute atomic E-state index is 9.75. The first-order valence-corrected chi connectivity index (χ1v) is 7.39. The van der Waals surface area contributed by atoms with Crippen LogP contribution in [0.4, 0.5) is 0 Å². The molecule has 1 N–H and O–H groups in total. The van der Waals surface area contributed by atoms with Gasteiger partial charge in [0.15, 0.2) is 0 Å². The molecule has 4 heteroatoms. The van der Waals surface area contributed by atoms with Crippen LogP contribution in [0.1, 0.15) is 5.56 Å². The van der Waals surface area contributed by atoms with Crippen molar-refractivity contribution in [1.82, 2.24) is 4.98 Å². The Morgan fingerprint density at radius 1 is 1.17 bits per heavy atom. The number of aromatic nitrogens is 1. The first kappa shape index (κ1) is 11.9. The van der Waals surface area contributed by atoms with E-state index < -0.39 is 0 Å². The second-order valence-corrected chi connectivity index (χ2v) is 6.35. The van der Waals surface area contributed by atoms with Gasteiger partial charge in [-0.1, -0.05) is 12.1 Å². The SMILES string of the molecule is Cc1ccc2sc(-c3ccc(I)c(O)c3)nc2c1. The van der Waals surface area contributed by atoms with E-state index in [1.165, 1.54) is 10.3 Å². The van der Waals surface area contributed by atoms with E-state index in [4.69, 9.17) is 0 Å². The van der Waals surface area contributed by atoms with E-state index >= 15 is 0 Å². The summed E-state index contributed by atoms with van der Waals surface area (Å²) in [5, 5.41) is 10.7. The highest BCUT2D eigenvalue weighted by molar-refractivity contribution is 14.1. The third-order valence-electron chi connectivity index (χ3n) is 2.74. The molecule has 90 valence electrons. The molecule has 0 spiro atoms.